The third-order valence-electron chi connectivity index (χ3n) is 2.47. The molecule has 2 heterocycles. The Balaban J connectivity index is 1.92. The lowest BCUT2D eigenvalue weighted by Gasteiger charge is -2.13. The van der Waals surface area contributed by atoms with Crippen molar-refractivity contribution in [3.63, 3.8) is 0 Å². The van der Waals surface area contributed by atoms with Crippen molar-refractivity contribution in [3.05, 3.63) is 47.8 Å². The average Bonchev–Trinajstić information content (AvgIpc) is 2.99. The number of nitrogens with two attached hydrogens (primary N) is 1. The predicted octanol–water partition coefficient (Wildman–Crippen LogP) is 1.11. The van der Waals surface area contributed by atoms with Crippen molar-refractivity contribution in [3.8, 4) is 0 Å². The number of nitrogens with one attached hydrogen (secondary N) is 1. The fourth-order valence-corrected chi connectivity index (χ4v) is 1.67. The van der Waals surface area contributed by atoms with Crippen LogP contribution in [0, 0.1) is 0 Å². The lowest BCUT2D eigenvalue weighted by atomic mass is 10.3. The smallest absolute Gasteiger partial charge is 0.300 e. The van der Waals surface area contributed by atoms with Crippen molar-refractivity contribution in [2.24, 2.45) is 5.84 Å². The van der Waals surface area contributed by atoms with Gasteiger partial charge in [0, 0.05) is 12.1 Å². The summed E-state index contributed by atoms with van der Waals surface area (Å²) in [6.07, 6.45) is 3.34. The van der Waals surface area contributed by atoms with Crippen molar-refractivity contribution >= 4 is 5.91 Å². The molecule has 1 amide bonds. The molecule has 6 heteroatoms. The highest BCUT2D eigenvalue weighted by atomic mass is 16.4. The first-order chi connectivity index (χ1) is 8.69. The summed E-state index contributed by atoms with van der Waals surface area (Å²) in [7, 11) is 1.96. The van der Waals surface area contributed by atoms with E-state index >= 15 is 0 Å². The van der Waals surface area contributed by atoms with E-state index in [1.165, 1.54) is 0 Å². The van der Waals surface area contributed by atoms with E-state index in [1.807, 2.05) is 23.4 Å². The number of carbonyl (C=O) groups is 1. The molecule has 2 aromatic rings. The molecule has 0 atom stereocenters. The third-order valence-corrected chi connectivity index (χ3v) is 2.47. The van der Waals surface area contributed by atoms with Gasteiger partial charge in [-0.05, 0) is 25.2 Å². The van der Waals surface area contributed by atoms with Crippen molar-refractivity contribution in [2.75, 3.05) is 7.05 Å². The van der Waals surface area contributed by atoms with E-state index in [4.69, 9.17) is 14.7 Å². The van der Waals surface area contributed by atoms with Gasteiger partial charge in [-0.2, -0.15) is 0 Å². The summed E-state index contributed by atoms with van der Waals surface area (Å²) in [5.41, 5.74) is 3.11. The van der Waals surface area contributed by atoms with Gasteiger partial charge in [0.25, 0.3) is 0 Å². The zero-order chi connectivity index (χ0) is 13.0. The third kappa shape index (κ3) is 2.99. The molecule has 0 saturated heterocycles. The zero-order valence-electron chi connectivity index (χ0n) is 10.1. The number of hydrogen-bond donors (Lipinski definition) is 2. The van der Waals surface area contributed by atoms with Gasteiger partial charge < -0.3 is 8.83 Å². The van der Waals surface area contributed by atoms with Crippen molar-refractivity contribution in [1.82, 2.24) is 10.3 Å². The fraction of sp³-hybridized carbons (Fsp3) is 0.250. The molecule has 18 heavy (non-hydrogen) atoms. The standard InChI is InChI=1S/C12H15N3O3/c1-15(6-9-4-5-17-8-9)7-10-2-3-11(18-10)12(16)14-13/h2-5,8H,6-7,13H2,1H3,(H,14,16). The highest BCUT2D eigenvalue weighted by molar-refractivity contribution is 5.90. The minimum Gasteiger partial charge on any atom is -0.472 e. The number of hydrogen-bond acceptors (Lipinski definition) is 5. The van der Waals surface area contributed by atoms with Gasteiger partial charge in [0.15, 0.2) is 5.76 Å². The zero-order valence-corrected chi connectivity index (χ0v) is 10.1. The molecule has 0 aliphatic heterocycles. The second-order valence-electron chi connectivity index (χ2n) is 4.04. The molecule has 0 spiro atoms. The van der Waals surface area contributed by atoms with Crippen LogP contribution in [0.5, 0.6) is 0 Å². The molecule has 2 rings (SSSR count). The summed E-state index contributed by atoms with van der Waals surface area (Å²) >= 11 is 0. The summed E-state index contributed by atoms with van der Waals surface area (Å²) in [6.45, 7) is 1.35. The summed E-state index contributed by atoms with van der Waals surface area (Å²) in [6, 6.07) is 5.27. The topological polar surface area (TPSA) is 84.6 Å². The van der Waals surface area contributed by atoms with Gasteiger partial charge in [-0.25, -0.2) is 5.84 Å². The molecule has 0 aliphatic rings. The first kappa shape index (κ1) is 12.4. The molecule has 0 radical (unpaired) electrons. The monoisotopic (exact) mass is 249 g/mol. The molecule has 2 aromatic heterocycles. The van der Waals surface area contributed by atoms with E-state index < -0.39 is 5.91 Å². The first-order valence-electron chi connectivity index (χ1n) is 5.48. The van der Waals surface area contributed by atoms with Crippen LogP contribution >= 0.6 is 0 Å². The Bertz CT molecular complexity index is 504. The van der Waals surface area contributed by atoms with Crippen LogP contribution in [0.4, 0.5) is 0 Å². The summed E-state index contributed by atoms with van der Waals surface area (Å²) in [5, 5.41) is 0. The second kappa shape index (κ2) is 5.52. The Morgan fingerprint density at radius 1 is 1.39 bits per heavy atom. The van der Waals surface area contributed by atoms with E-state index in [2.05, 4.69) is 0 Å². The van der Waals surface area contributed by atoms with Gasteiger partial charge in [-0.15, -0.1) is 0 Å². The molecule has 96 valence electrons. The van der Waals surface area contributed by atoms with E-state index in [9.17, 15) is 4.79 Å². The Labute approximate surface area is 104 Å². The van der Waals surface area contributed by atoms with Crippen molar-refractivity contribution in [2.45, 2.75) is 13.1 Å². The van der Waals surface area contributed by atoms with E-state index in [0.29, 0.717) is 12.3 Å². The maximum atomic E-state index is 11.2. The Kier molecular flexibility index (Phi) is 3.81. The number of amides is 1. The number of rotatable bonds is 5. The number of carbonyl (C=O) groups excluding carboxylic acids is 1. The minimum absolute atomic E-state index is 0.212. The van der Waals surface area contributed by atoms with Gasteiger partial charge in [-0.1, -0.05) is 0 Å². The van der Waals surface area contributed by atoms with Gasteiger partial charge in [0.2, 0.25) is 0 Å². The molecule has 6 nitrogen and oxygen atoms in total. The molecule has 0 fully saturated rings. The van der Waals surface area contributed by atoms with Gasteiger partial charge in [0.05, 0.1) is 19.1 Å². The molecule has 0 unspecified atom stereocenters. The lowest BCUT2D eigenvalue weighted by molar-refractivity contribution is 0.0922. The molecule has 0 aliphatic carbocycles. The highest BCUT2D eigenvalue weighted by Crippen LogP contribution is 2.12. The normalized spacial score (nSPS) is 10.8. The second-order valence-corrected chi connectivity index (χ2v) is 4.04. The van der Waals surface area contributed by atoms with Crippen LogP contribution in [0.25, 0.3) is 0 Å². The maximum Gasteiger partial charge on any atom is 0.300 e. The van der Waals surface area contributed by atoms with Crippen LogP contribution in [0.3, 0.4) is 0 Å². The number of nitrogen functional groups attached to an aromatic ring is 1. The molecular formula is C12H15N3O3. The summed E-state index contributed by atoms with van der Waals surface area (Å²) in [5.74, 6) is 5.51. The van der Waals surface area contributed by atoms with Crippen molar-refractivity contribution < 1.29 is 13.6 Å². The predicted molar refractivity (Wildman–Crippen MR) is 64.2 cm³/mol. The average molecular weight is 249 g/mol. The molecule has 0 saturated carbocycles. The number of furan rings is 2. The van der Waals surface area contributed by atoms with Crippen molar-refractivity contribution in [1.29, 1.82) is 0 Å². The van der Waals surface area contributed by atoms with Crippen LogP contribution in [0.2, 0.25) is 0 Å². The molecule has 0 aromatic carbocycles. The molecular weight excluding hydrogens is 234 g/mol. The summed E-state index contributed by atoms with van der Waals surface area (Å²) in [4.78, 5) is 13.3. The Morgan fingerprint density at radius 2 is 2.22 bits per heavy atom. The minimum atomic E-state index is -0.432. The Hall–Kier alpha value is -2.05. The van der Waals surface area contributed by atoms with E-state index in [-0.39, 0.29) is 5.76 Å². The van der Waals surface area contributed by atoms with Gasteiger partial charge in [0.1, 0.15) is 5.76 Å². The summed E-state index contributed by atoms with van der Waals surface area (Å²) < 4.78 is 10.4. The van der Waals surface area contributed by atoms with Crippen LogP contribution < -0.4 is 11.3 Å². The van der Waals surface area contributed by atoms with E-state index in [0.717, 1.165) is 12.1 Å². The number of nitrogens with zero attached hydrogens (tertiary/aromatic N) is 1. The quantitative estimate of drug-likeness (QED) is 0.471. The van der Waals surface area contributed by atoms with Crippen LogP contribution in [0.1, 0.15) is 21.9 Å². The van der Waals surface area contributed by atoms with E-state index in [1.54, 1.807) is 24.7 Å². The van der Waals surface area contributed by atoms with Crippen LogP contribution in [-0.4, -0.2) is 17.9 Å². The number of hydrazine groups is 1. The fourth-order valence-electron chi connectivity index (χ4n) is 1.67. The van der Waals surface area contributed by atoms with Crippen LogP contribution in [0.15, 0.2) is 39.6 Å². The largest absolute Gasteiger partial charge is 0.472 e. The maximum absolute atomic E-state index is 11.2. The molecule has 0 bridgehead atoms. The first-order valence-corrected chi connectivity index (χ1v) is 5.48. The van der Waals surface area contributed by atoms with Gasteiger partial charge >= 0.3 is 5.91 Å². The highest BCUT2D eigenvalue weighted by Gasteiger charge is 2.11. The Morgan fingerprint density at radius 3 is 2.89 bits per heavy atom. The lowest BCUT2D eigenvalue weighted by Crippen LogP contribution is -2.29. The SMILES string of the molecule is CN(Cc1ccoc1)Cc1ccc(C(=O)NN)o1. The molecule has 3 N–H and O–H groups in total. The van der Waals surface area contributed by atoms with Gasteiger partial charge in [-0.3, -0.25) is 15.1 Å². The van der Waals surface area contributed by atoms with Crippen LogP contribution in [-0.2, 0) is 13.1 Å².